The first kappa shape index (κ1) is 14.2. The molecule has 0 unspecified atom stereocenters. The topological polar surface area (TPSA) is 48.1 Å². The van der Waals surface area contributed by atoms with Gasteiger partial charge in [-0.25, -0.2) is 4.98 Å². The zero-order chi connectivity index (χ0) is 14.8. The average molecular weight is 285 g/mol. The maximum absolute atomic E-state index is 4.55. The summed E-state index contributed by atoms with van der Waals surface area (Å²) in [6, 6.07) is 0. The number of nitrogens with zero attached hydrogens (tertiary/aromatic N) is 4. The van der Waals surface area contributed by atoms with E-state index in [2.05, 4.69) is 45.6 Å². The van der Waals surface area contributed by atoms with Crippen LogP contribution < -0.4 is 0 Å². The molecule has 0 bridgehead atoms. The van der Waals surface area contributed by atoms with Crippen LogP contribution >= 0.6 is 0 Å². The number of nitrogens with one attached hydrogen (secondary N) is 1. The van der Waals surface area contributed by atoms with Crippen LogP contribution in [-0.2, 0) is 6.54 Å². The summed E-state index contributed by atoms with van der Waals surface area (Å²) in [6.45, 7) is 9.62. The second-order valence-electron chi connectivity index (χ2n) is 5.89. The zero-order valence-corrected chi connectivity index (χ0v) is 13.1. The number of imidazole rings is 1. The van der Waals surface area contributed by atoms with Crippen molar-refractivity contribution in [1.29, 1.82) is 0 Å². The molecule has 21 heavy (non-hydrogen) atoms. The summed E-state index contributed by atoms with van der Waals surface area (Å²) in [6.07, 6.45) is 5.70. The Kier molecular flexibility index (Phi) is 4.03. The molecule has 1 N–H and O–H groups in total. The van der Waals surface area contributed by atoms with Crippen LogP contribution in [0.4, 0.5) is 0 Å². The third-order valence-electron chi connectivity index (χ3n) is 4.38. The van der Waals surface area contributed by atoms with E-state index in [9.17, 15) is 0 Å². The number of aryl methyl sites for hydroxylation is 1. The van der Waals surface area contributed by atoms with Gasteiger partial charge in [-0.3, -0.25) is 9.88 Å². The maximum atomic E-state index is 4.55. The van der Waals surface area contributed by atoms with Crippen molar-refractivity contribution in [1.82, 2.24) is 24.8 Å². The van der Waals surface area contributed by atoms with Crippen LogP contribution in [0.3, 0.4) is 0 Å². The van der Waals surface area contributed by atoms with Crippen molar-refractivity contribution < 1.29 is 0 Å². The van der Waals surface area contributed by atoms with Gasteiger partial charge in [0.1, 0.15) is 5.82 Å². The highest BCUT2D eigenvalue weighted by Gasteiger charge is 2.18. The Morgan fingerprint density at radius 2 is 1.90 bits per heavy atom. The first-order valence-corrected chi connectivity index (χ1v) is 7.51. The van der Waals surface area contributed by atoms with Crippen molar-refractivity contribution in [2.75, 3.05) is 33.2 Å². The minimum Gasteiger partial charge on any atom is -0.345 e. The largest absolute Gasteiger partial charge is 0.345 e. The van der Waals surface area contributed by atoms with Crippen molar-refractivity contribution in [3.8, 4) is 11.4 Å². The molecule has 1 aliphatic heterocycles. The van der Waals surface area contributed by atoms with E-state index in [1.165, 1.54) is 16.7 Å². The van der Waals surface area contributed by atoms with E-state index in [1.807, 2.05) is 18.6 Å². The van der Waals surface area contributed by atoms with Gasteiger partial charge in [0.25, 0.3) is 0 Å². The Labute approximate surface area is 126 Å². The monoisotopic (exact) mass is 285 g/mol. The van der Waals surface area contributed by atoms with Crippen molar-refractivity contribution in [3.63, 3.8) is 0 Å². The van der Waals surface area contributed by atoms with Gasteiger partial charge >= 0.3 is 0 Å². The summed E-state index contributed by atoms with van der Waals surface area (Å²) in [5.41, 5.74) is 4.77. The average Bonchev–Trinajstić information content (AvgIpc) is 2.99. The summed E-state index contributed by atoms with van der Waals surface area (Å²) in [5, 5.41) is 0. The number of aromatic amines is 1. The third kappa shape index (κ3) is 2.99. The van der Waals surface area contributed by atoms with Gasteiger partial charge in [0.15, 0.2) is 0 Å². The molecule has 0 radical (unpaired) electrons. The Morgan fingerprint density at radius 3 is 2.57 bits per heavy atom. The van der Waals surface area contributed by atoms with Crippen LogP contribution in [0.2, 0.25) is 0 Å². The molecular formula is C16H23N5. The molecule has 3 heterocycles. The number of aromatic nitrogens is 3. The Morgan fingerprint density at radius 1 is 1.14 bits per heavy atom. The van der Waals surface area contributed by atoms with E-state index >= 15 is 0 Å². The Hall–Kier alpha value is -1.72. The van der Waals surface area contributed by atoms with E-state index in [1.54, 1.807) is 0 Å². The van der Waals surface area contributed by atoms with Gasteiger partial charge in [-0.2, -0.15) is 0 Å². The Bertz CT molecular complexity index is 597. The van der Waals surface area contributed by atoms with Crippen LogP contribution in [0.5, 0.6) is 0 Å². The van der Waals surface area contributed by atoms with Gasteiger partial charge in [-0.15, -0.1) is 0 Å². The molecule has 3 rings (SSSR count). The van der Waals surface area contributed by atoms with Crippen LogP contribution in [0.25, 0.3) is 11.4 Å². The minimum atomic E-state index is 0.942. The summed E-state index contributed by atoms with van der Waals surface area (Å²) in [4.78, 5) is 17.1. The van der Waals surface area contributed by atoms with Gasteiger partial charge < -0.3 is 9.88 Å². The highest BCUT2D eigenvalue weighted by Crippen LogP contribution is 2.27. The van der Waals surface area contributed by atoms with Gasteiger partial charge in [-0.05, 0) is 32.0 Å². The minimum absolute atomic E-state index is 0.942. The number of piperazine rings is 1. The van der Waals surface area contributed by atoms with Crippen molar-refractivity contribution >= 4 is 0 Å². The van der Waals surface area contributed by atoms with Gasteiger partial charge in [0.2, 0.25) is 0 Å². The quantitative estimate of drug-likeness (QED) is 0.935. The second kappa shape index (κ2) is 5.95. The lowest BCUT2D eigenvalue weighted by atomic mass is 10.0. The predicted molar refractivity (Wildman–Crippen MR) is 84.1 cm³/mol. The molecular weight excluding hydrogens is 262 g/mol. The molecule has 5 heteroatoms. The number of hydrogen-bond donors (Lipinski definition) is 1. The number of H-pyrrole nitrogens is 1. The summed E-state index contributed by atoms with van der Waals surface area (Å²) >= 11 is 0. The van der Waals surface area contributed by atoms with Gasteiger partial charge in [0, 0.05) is 62.6 Å². The molecule has 0 aromatic carbocycles. The Balaban J connectivity index is 1.90. The first-order valence-electron chi connectivity index (χ1n) is 7.51. The number of likely N-dealkylation sites (N-methyl/N-ethyl adjacent to an activating group) is 1. The molecule has 1 saturated heterocycles. The van der Waals surface area contributed by atoms with Crippen molar-refractivity contribution in [3.05, 3.63) is 35.4 Å². The molecule has 112 valence electrons. The first-order chi connectivity index (χ1) is 10.1. The summed E-state index contributed by atoms with van der Waals surface area (Å²) in [7, 11) is 2.18. The maximum Gasteiger partial charge on any atom is 0.137 e. The van der Waals surface area contributed by atoms with Crippen molar-refractivity contribution in [2.45, 2.75) is 20.4 Å². The van der Waals surface area contributed by atoms with Crippen LogP contribution in [0.1, 0.15) is 16.8 Å². The van der Waals surface area contributed by atoms with Gasteiger partial charge in [-0.1, -0.05) is 0 Å². The lowest BCUT2D eigenvalue weighted by Gasteiger charge is -2.32. The van der Waals surface area contributed by atoms with E-state index < -0.39 is 0 Å². The lowest BCUT2D eigenvalue weighted by molar-refractivity contribution is 0.148. The fourth-order valence-corrected chi connectivity index (χ4v) is 2.86. The zero-order valence-electron chi connectivity index (χ0n) is 13.1. The highest BCUT2D eigenvalue weighted by molar-refractivity contribution is 5.65. The molecule has 0 spiro atoms. The van der Waals surface area contributed by atoms with Crippen LogP contribution in [0.15, 0.2) is 18.6 Å². The normalized spacial score (nSPS) is 17.3. The number of hydrogen-bond acceptors (Lipinski definition) is 4. The van der Waals surface area contributed by atoms with E-state index in [0.717, 1.165) is 44.2 Å². The molecule has 1 fully saturated rings. The molecule has 2 aromatic heterocycles. The summed E-state index contributed by atoms with van der Waals surface area (Å²) < 4.78 is 0. The molecule has 0 aliphatic carbocycles. The fraction of sp³-hybridized carbons (Fsp3) is 0.500. The predicted octanol–water partition coefficient (Wildman–Crippen LogP) is 1.84. The molecule has 0 amide bonds. The number of rotatable bonds is 3. The molecule has 5 nitrogen and oxygen atoms in total. The second-order valence-corrected chi connectivity index (χ2v) is 5.89. The lowest BCUT2D eigenvalue weighted by Crippen LogP contribution is -2.44. The van der Waals surface area contributed by atoms with E-state index in [-0.39, 0.29) is 0 Å². The van der Waals surface area contributed by atoms with Crippen LogP contribution in [-0.4, -0.2) is 58.0 Å². The molecule has 0 atom stereocenters. The number of pyridine rings is 1. The fourth-order valence-electron chi connectivity index (χ4n) is 2.86. The van der Waals surface area contributed by atoms with Crippen molar-refractivity contribution in [2.24, 2.45) is 0 Å². The molecule has 1 aliphatic rings. The third-order valence-corrected chi connectivity index (χ3v) is 4.38. The smallest absolute Gasteiger partial charge is 0.137 e. The molecule has 2 aromatic rings. The SMILES string of the molecule is Cc1ncc(CN2CCN(C)CC2)c(-c2ncc[nH]2)c1C. The van der Waals surface area contributed by atoms with E-state index in [0.29, 0.717) is 0 Å². The van der Waals surface area contributed by atoms with E-state index in [4.69, 9.17) is 0 Å². The van der Waals surface area contributed by atoms with Crippen LogP contribution in [0, 0.1) is 13.8 Å². The standard InChI is InChI=1S/C16H23N5/c1-12-13(2)19-10-14(15(12)16-17-4-5-18-16)11-21-8-6-20(3)7-9-21/h4-5,10H,6-9,11H2,1-3H3,(H,17,18). The highest BCUT2D eigenvalue weighted by atomic mass is 15.2. The van der Waals surface area contributed by atoms with Gasteiger partial charge in [0.05, 0.1) is 0 Å². The molecule has 0 saturated carbocycles. The summed E-state index contributed by atoms with van der Waals surface area (Å²) in [5.74, 6) is 0.946.